The number of hydrogen-bond donors (Lipinski definition) is 3. The number of aliphatic hydroxyl groups excluding tert-OH is 2. The summed E-state index contributed by atoms with van der Waals surface area (Å²) in [4.78, 5) is 0.330. The summed E-state index contributed by atoms with van der Waals surface area (Å²) in [5.41, 5.74) is 3.05. The molecule has 3 aliphatic rings. The molecule has 7 atom stereocenters. The number of sulfone groups is 1. The average Bonchev–Trinajstić information content (AvgIpc) is 3.26. The molecule has 0 saturated heterocycles. The standard InChI is InChI=1S/C33H48O5S/c1-6-33(5,36)26-11-13-28(14-12-26)39(37,38)19-17-22(2)29-15-16-30-24(8-7-18-32(29,30)4)9-10-25-20-27(34)21-31(35)23(25)3/h9-14,22,27,29-31,34-36H,3,6-8,15-21H2,1-2,4-5H3/b24-9+,25-10-/t22-,27+,29-,30+,31-,32-,33?/m1/s1. The highest BCUT2D eigenvalue weighted by atomic mass is 32.2. The Kier molecular flexibility index (Phi) is 9.02. The number of aliphatic hydroxyl groups is 3. The predicted molar refractivity (Wildman–Crippen MR) is 157 cm³/mol. The van der Waals surface area contributed by atoms with Crippen LogP contribution < -0.4 is 0 Å². The number of fused-ring (bicyclic) bond motifs is 1. The van der Waals surface area contributed by atoms with Gasteiger partial charge in [0.1, 0.15) is 0 Å². The molecule has 0 radical (unpaired) electrons. The zero-order chi connectivity index (χ0) is 28.6. The van der Waals surface area contributed by atoms with Crippen molar-refractivity contribution in [3.05, 3.63) is 65.3 Å². The van der Waals surface area contributed by atoms with Crippen molar-refractivity contribution < 1.29 is 23.7 Å². The van der Waals surface area contributed by atoms with E-state index in [1.165, 1.54) is 5.57 Å². The first-order valence-corrected chi connectivity index (χ1v) is 16.4. The normalized spacial score (nSPS) is 34.2. The molecule has 0 heterocycles. The Morgan fingerprint density at radius 2 is 1.87 bits per heavy atom. The third kappa shape index (κ3) is 6.29. The van der Waals surface area contributed by atoms with E-state index < -0.39 is 27.6 Å². The molecule has 0 amide bonds. The van der Waals surface area contributed by atoms with Gasteiger partial charge in [0.05, 0.1) is 28.5 Å². The molecular formula is C33H48O5S. The molecule has 3 fully saturated rings. The molecule has 1 unspecified atom stereocenters. The second-order valence-corrected chi connectivity index (χ2v) is 15.0. The van der Waals surface area contributed by atoms with Gasteiger partial charge in [-0.3, -0.25) is 0 Å². The summed E-state index contributed by atoms with van der Waals surface area (Å²) in [5, 5.41) is 30.8. The zero-order valence-corrected chi connectivity index (χ0v) is 25.0. The third-order valence-electron chi connectivity index (χ3n) is 10.4. The Balaban J connectivity index is 1.43. The third-order valence-corrected chi connectivity index (χ3v) is 12.1. The van der Waals surface area contributed by atoms with Crippen LogP contribution in [0.4, 0.5) is 0 Å². The van der Waals surface area contributed by atoms with Gasteiger partial charge < -0.3 is 15.3 Å². The van der Waals surface area contributed by atoms with Crippen LogP contribution in [0.15, 0.2) is 64.6 Å². The van der Waals surface area contributed by atoms with E-state index in [-0.39, 0.29) is 11.2 Å². The summed E-state index contributed by atoms with van der Waals surface area (Å²) < 4.78 is 26.4. The van der Waals surface area contributed by atoms with Crippen LogP contribution in [-0.4, -0.2) is 41.7 Å². The second kappa shape index (κ2) is 11.6. The molecule has 0 bridgehead atoms. The quantitative estimate of drug-likeness (QED) is 0.352. The lowest BCUT2D eigenvalue weighted by Gasteiger charge is -2.44. The van der Waals surface area contributed by atoms with Crippen molar-refractivity contribution in [1.29, 1.82) is 0 Å². The molecule has 216 valence electrons. The van der Waals surface area contributed by atoms with E-state index in [1.54, 1.807) is 31.2 Å². The van der Waals surface area contributed by atoms with E-state index >= 15 is 0 Å². The molecule has 5 nitrogen and oxygen atoms in total. The van der Waals surface area contributed by atoms with Gasteiger partial charge in [-0.2, -0.15) is 0 Å². The first kappa shape index (κ1) is 30.2. The van der Waals surface area contributed by atoms with Crippen LogP contribution in [0.2, 0.25) is 0 Å². The smallest absolute Gasteiger partial charge is 0.178 e. The molecule has 4 rings (SSSR count). The maximum absolute atomic E-state index is 13.2. The highest BCUT2D eigenvalue weighted by Crippen LogP contribution is 2.59. The van der Waals surface area contributed by atoms with Crippen LogP contribution in [0.5, 0.6) is 0 Å². The first-order chi connectivity index (χ1) is 18.3. The second-order valence-electron chi connectivity index (χ2n) is 12.9. The Hall–Kier alpha value is -1.73. The fourth-order valence-corrected chi connectivity index (χ4v) is 9.03. The Labute approximate surface area is 235 Å². The van der Waals surface area contributed by atoms with Crippen LogP contribution in [0.1, 0.15) is 91.0 Å². The molecule has 6 heteroatoms. The first-order valence-electron chi connectivity index (χ1n) is 14.8. The van der Waals surface area contributed by atoms with E-state index in [1.807, 2.05) is 6.92 Å². The Morgan fingerprint density at radius 1 is 1.18 bits per heavy atom. The molecule has 39 heavy (non-hydrogen) atoms. The summed E-state index contributed by atoms with van der Waals surface area (Å²) >= 11 is 0. The fourth-order valence-electron chi connectivity index (χ4n) is 7.56. The molecule has 3 aliphatic carbocycles. The molecule has 0 aliphatic heterocycles. The Morgan fingerprint density at radius 3 is 2.54 bits per heavy atom. The maximum Gasteiger partial charge on any atom is 0.178 e. The van der Waals surface area contributed by atoms with E-state index in [4.69, 9.17) is 0 Å². The van der Waals surface area contributed by atoms with Gasteiger partial charge in [0, 0.05) is 6.42 Å². The van der Waals surface area contributed by atoms with Crippen LogP contribution in [0.3, 0.4) is 0 Å². The van der Waals surface area contributed by atoms with Crippen molar-refractivity contribution in [2.24, 2.45) is 23.2 Å². The van der Waals surface area contributed by atoms with Gasteiger partial charge in [0.25, 0.3) is 0 Å². The number of allylic oxidation sites excluding steroid dienone is 3. The molecule has 1 aromatic rings. The van der Waals surface area contributed by atoms with Crippen LogP contribution >= 0.6 is 0 Å². The topological polar surface area (TPSA) is 94.8 Å². The predicted octanol–water partition coefficient (Wildman–Crippen LogP) is 6.25. The minimum absolute atomic E-state index is 0.135. The number of benzene rings is 1. The SMILES string of the molecule is C=C1/C(=C\C=C2/CCC[C@]3(C)[C@@H]([C@H](C)CCS(=O)(=O)c4ccc(C(C)(O)CC)cc4)CC[C@@H]23)C[C@H](O)C[C@H]1O. The molecule has 1 aromatic carbocycles. The Bertz CT molecular complexity index is 1210. The zero-order valence-electron chi connectivity index (χ0n) is 24.2. The maximum atomic E-state index is 13.2. The van der Waals surface area contributed by atoms with Crippen LogP contribution in [-0.2, 0) is 15.4 Å². The summed E-state index contributed by atoms with van der Waals surface area (Å²) in [7, 11) is -3.40. The van der Waals surface area contributed by atoms with Gasteiger partial charge in [-0.15, -0.1) is 0 Å². The molecule has 0 aromatic heterocycles. The van der Waals surface area contributed by atoms with Crippen molar-refractivity contribution in [2.75, 3.05) is 5.75 Å². The van der Waals surface area contributed by atoms with Crippen LogP contribution in [0.25, 0.3) is 0 Å². The molecule has 3 N–H and O–H groups in total. The van der Waals surface area contributed by atoms with Gasteiger partial charge in [0.2, 0.25) is 0 Å². The fraction of sp³-hybridized carbons (Fsp3) is 0.636. The highest BCUT2D eigenvalue weighted by molar-refractivity contribution is 7.91. The van der Waals surface area contributed by atoms with Gasteiger partial charge >= 0.3 is 0 Å². The monoisotopic (exact) mass is 556 g/mol. The van der Waals surface area contributed by atoms with Gasteiger partial charge in [-0.25, -0.2) is 8.42 Å². The average molecular weight is 557 g/mol. The van der Waals surface area contributed by atoms with Gasteiger partial charge in [-0.1, -0.05) is 57.2 Å². The van der Waals surface area contributed by atoms with Gasteiger partial charge in [0.15, 0.2) is 9.84 Å². The van der Waals surface area contributed by atoms with Crippen molar-refractivity contribution >= 4 is 9.84 Å². The lowest BCUT2D eigenvalue weighted by molar-refractivity contribution is 0.0530. The minimum atomic E-state index is -3.40. The van der Waals surface area contributed by atoms with E-state index in [0.29, 0.717) is 48.3 Å². The molecular weight excluding hydrogens is 508 g/mol. The van der Waals surface area contributed by atoms with Crippen LogP contribution in [0, 0.1) is 23.2 Å². The number of hydrogen-bond acceptors (Lipinski definition) is 5. The minimum Gasteiger partial charge on any atom is -0.393 e. The summed E-state index contributed by atoms with van der Waals surface area (Å²) in [6.45, 7) is 12.3. The molecule has 3 saturated carbocycles. The van der Waals surface area contributed by atoms with Crippen molar-refractivity contribution in [3.8, 4) is 0 Å². The lowest BCUT2D eigenvalue weighted by Crippen LogP contribution is -2.36. The van der Waals surface area contributed by atoms with Crippen molar-refractivity contribution in [1.82, 2.24) is 0 Å². The lowest BCUT2D eigenvalue weighted by atomic mass is 9.61. The number of rotatable bonds is 8. The summed E-state index contributed by atoms with van der Waals surface area (Å²) in [5.74, 6) is 1.40. The molecule has 0 spiro atoms. The van der Waals surface area contributed by atoms with E-state index in [9.17, 15) is 23.7 Å². The van der Waals surface area contributed by atoms with Gasteiger partial charge in [-0.05, 0) is 110 Å². The van der Waals surface area contributed by atoms with Crippen molar-refractivity contribution in [2.45, 2.75) is 108 Å². The largest absolute Gasteiger partial charge is 0.393 e. The highest BCUT2D eigenvalue weighted by Gasteiger charge is 2.50. The van der Waals surface area contributed by atoms with Crippen molar-refractivity contribution in [3.63, 3.8) is 0 Å². The summed E-state index contributed by atoms with van der Waals surface area (Å²) in [6.07, 6.45) is 10.8. The summed E-state index contributed by atoms with van der Waals surface area (Å²) in [6, 6.07) is 6.74. The van der Waals surface area contributed by atoms with E-state index in [2.05, 4.69) is 32.6 Å². The van der Waals surface area contributed by atoms with E-state index in [0.717, 1.165) is 48.8 Å².